The number of imidazole rings is 1. The molecular formula is C9H10N4. The van der Waals surface area contributed by atoms with Gasteiger partial charge in [-0.25, -0.2) is 9.97 Å². The summed E-state index contributed by atoms with van der Waals surface area (Å²) < 4.78 is 1.88. The lowest BCUT2D eigenvalue weighted by molar-refractivity contribution is 0.848. The molecule has 0 aliphatic rings. The van der Waals surface area contributed by atoms with Crippen LogP contribution in [0.15, 0.2) is 36.8 Å². The maximum atomic E-state index is 5.52. The molecule has 0 radical (unpaired) electrons. The van der Waals surface area contributed by atoms with E-state index in [1.165, 1.54) is 0 Å². The van der Waals surface area contributed by atoms with Gasteiger partial charge in [0, 0.05) is 18.6 Å². The van der Waals surface area contributed by atoms with Crippen LogP contribution in [0.3, 0.4) is 0 Å². The third-order valence-corrected chi connectivity index (χ3v) is 1.80. The number of hydrogen-bond acceptors (Lipinski definition) is 3. The summed E-state index contributed by atoms with van der Waals surface area (Å²) in [6, 6.07) is 5.73. The zero-order valence-corrected chi connectivity index (χ0v) is 7.09. The first-order valence-corrected chi connectivity index (χ1v) is 4.05. The average molecular weight is 174 g/mol. The molecule has 0 aromatic carbocycles. The van der Waals surface area contributed by atoms with E-state index in [0.717, 1.165) is 11.6 Å². The van der Waals surface area contributed by atoms with Crippen LogP contribution in [0.2, 0.25) is 0 Å². The minimum atomic E-state index is 0.420. The van der Waals surface area contributed by atoms with E-state index in [0.29, 0.717) is 6.54 Å². The molecule has 66 valence electrons. The molecule has 0 atom stereocenters. The van der Waals surface area contributed by atoms with Gasteiger partial charge in [0.05, 0.1) is 6.54 Å². The van der Waals surface area contributed by atoms with Crippen molar-refractivity contribution >= 4 is 0 Å². The van der Waals surface area contributed by atoms with Gasteiger partial charge in [0.25, 0.3) is 0 Å². The SMILES string of the molecule is NCc1nccn1-c1ccccn1. The summed E-state index contributed by atoms with van der Waals surface area (Å²) in [5.41, 5.74) is 5.52. The molecule has 2 heterocycles. The summed E-state index contributed by atoms with van der Waals surface area (Å²) in [7, 11) is 0. The van der Waals surface area contributed by atoms with Crippen molar-refractivity contribution in [2.45, 2.75) is 6.54 Å². The summed E-state index contributed by atoms with van der Waals surface area (Å²) in [6.45, 7) is 0.420. The standard InChI is InChI=1S/C9H10N4/c10-7-9-12-5-6-13(9)8-3-1-2-4-11-8/h1-6H,7,10H2. The van der Waals surface area contributed by atoms with Crippen molar-refractivity contribution in [2.24, 2.45) is 5.73 Å². The Balaban J connectivity index is 2.47. The van der Waals surface area contributed by atoms with E-state index in [4.69, 9.17) is 5.73 Å². The van der Waals surface area contributed by atoms with E-state index in [-0.39, 0.29) is 0 Å². The Kier molecular flexibility index (Phi) is 2.06. The Bertz CT molecular complexity index is 380. The number of nitrogens with zero attached hydrogens (tertiary/aromatic N) is 3. The molecule has 2 aromatic rings. The fraction of sp³-hybridized carbons (Fsp3) is 0.111. The van der Waals surface area contributed by atoms with Gasteiger partial charge in [-0.1, -0.05) is 6.07 Å². The zero-order valence-electron chi connectivity index (χ0n) is 7.09. The molecule has 0 fully saturated rings. The zero-order chi connectivity index (χ0) is 9.10. The van der Waals surface area contributed by atoms with Crippen LogP contribution >= 0.6 is 0 Å². The van der Waals surface area contributed by atoms with Crippen LogP contribution in [0.1, 0.15) is 5.82 Å². The molecule has 13 heavy (non-hydrogen) atoms. The molecule has 2 aromatic heterocycles. The molecule has 0 saturated heterocycles. The average Bonchev–Trinajstić information content (AvgIpc) is 2.67. The molecular weight excluding hydrogens is 164 g/mol. The number of rotatable bonds is 2. The molecule has 0 spiro atoms. The highest BCUT2D eigenvalue weighted by Crippen LogP contribution is 2.05. The molecule has 0 unspecified atom stereocenters. The number of pyridine rings is 1. The van der Waals surface area contributed by atoms with Gasteiger partial charge >= 0.3 is 0 Å². The van der Waals surface area contributed by atoms with Crippen LogP contribution in [0, 0.1) is 0 Å². The van der Waals surface area contributed by atoms with Gasteiger partial charge in [-0.3, -0.25) is 4.57 Å². The Labute approximate surface area is 76.1 Å². The summed E-state index contributed by atoms with van der Waals surface area (Å²) in [5.74, 6) is 1.67. The number of aromatic nitrogens is 3. The van der Waals surface area contributed by atoms with Crippen LogP contribution in [-0.4, -0.2) is 14.5 Å². The number of hydrogen-bond donors (Lipinski definition) is 1. The Morgan fingerprint density at radius 1 is 1.23 bits per heavy atom. The van der Waals surface area contributed by atoms with E-state index in [1.54, 1.807) is 12.4 Å². The van der Waals surface area contributed by atoms with Gasteiger partial charge < -0.3 is 5.73 Å². The van der Waals surface area contributed by atoms with Crippen molar-refractivity contribution in [3.8, 4) is 5.82 Å². The fourth-order valence-corrected chi connectivity index (χ4v) is 1.19. The van der Waals surface area contributed by atoms with Crippen molar-refractivity contribution in [1.82, 2.24) is 14.5 Å². The molecule has 4 heteroatoms. The first-order chi connectivity index (χ1) is 6.42. The van der Waals surface area contributed by atoms with E-state index in [9.17, 15) is 0 Å². The second-order valence-electron chi connectivity index (χ2n) is 2.61. The van der Waals surface area contributed by atoms with E-state index < -0.39 is 0 Å². The van der Waals surface area contributed by atoms with Crippen LogP contribution < -0.4 is 5.73 Å². The molecule has 4 nitrogen and oxygen atoms in total. The highest BCUT2D eigenvalue weighted by atomic mass is 15.1. The van der Waals surface area contributed by atoms with Crippen LogP contribution in [-0.2, 0) is 6.54 Å². The Hall–Kier alpha value is -1.68. The van der Waals surface area contributed by atoms with Gasteiger partial charge in [0.1, 0.15) is 11.6 Å². The molecule has 0 amide bonds. The molecule has 0 aliphatic carbocycles. The monoisotopic (exact) mass is 174 g/mol. The van der Waals surface area contributed by atoms with Crippen LogP contribution in [0.5, 0.6) is 0 Å². The van der Waals surface area contributed by atoms with E-state index in [2.05, 4.69) is 9.97 Å². The van der Waals surface area contributed by atoms with Crippen LogP contribution in [0.4, 0.5) is 0 Å². The van der Waals surface area contributed by atoms with Crippen molar-refractivity contribution in [3.63, 3.8) is 0 Å². The summed E-state index contributed by atoms with van der Waals surface area (Å²) in [6.07, 6.45) is 5.32. The summed E-state index contributed by atoms with van der Waals surface area (Å²) in [5, 5.41) is 0. The Morgan fingerprint density at radius 3 is 2.85 bits per heavy atom. The second kappa shape index (κ2) is 3.37. The first-order valence-electron chi connectivity index (χ1n) is 4.05. The van der Waals surface area contributed by atoms with Gasteiger partial charge in [0.15, 0.2) is 0 Å². The molecule has 0 bridgehead atoms. The minimum absolute atomic E-state index is 0.420. The van der Waals surface area contributed by atoms with E-state index >= 15 is 0 Å². The van der Waals surface area contributed by atoms with Crippen molar-refractivity contribution in [1.29, 1.82) is 0 Å². The highest BCUT2D eigenvalue weighted by Gasteiger charge is 2.01. The normalized spacial score (nSPS) is 10.2. The lowest BCUT2D eigenvalue weighted by Gasteiger charge is -2.03. The fourth-order valence-electron chi connectivity index (χ4n) is 1.19. The highest BCUT2D eigenvalue weighted by molar-refractivity contribution is 5.23. The van der Waals surface area contributed by atoms with Gasteiger partial charge in [0.2, 0.25) is 0 Å². The van der Waals surface area contributed by atoms with E-state index in [1.807, 2.05) is 29.0 Å². The molecule has 2 rings (SSSR count). The lowest BCUT2D eigenvalue weighted by Crippen LogP contribution is -2.07. The first kappa shape index (κ1) is 7.94. The lowest BCUT2D eigenvalue weighted by atomic mass is 10.4. The largest absolute Gasteiger partial charge is 0.324 e. The predicted molar refractivity (Wildman–Crippen MR) is 49.3 cm³/mol. The Morgan fingerprint density at radius 2 is 2.15 bits per heavy atom. The summed E-state index contributed by atoms with van der Waals surface area (Å²) in [4.78, 5) is 8.31. The number of nitrogens with two attached hydrogens (primary N) is 1. The topological polar surface area (TPSA) is 56.7 Å². The smallest absolute Gasteiger partial charge is 0.138 e. The second-order valence-corrected chi connectivity index (χ2v) is 2.61. The predicted octanol–water partition coefficient (Wildman–Crippen LogP) is 0.726. The third kappa shape index (κ3) is 1.43. The van der Waals surface area contributed by atoms with Crippen molar-refractivity contribution < 1.29 is 0 Å². The maximum Gasteiger partial charge on any atom is 0.138 e. The molecule has 2 N–H and O–H groups in total. The van der Waals surface area contributed by atoms with Crippen molar-refractivity contribution in [3.05, 3.63) is 42.6 Å². The maximum absolute atomic E-state index is 5.52. The van der Waals surface area contributed by atoms with Gasteiger partial charge in [-0.2, -0.15) is 0 Å². The molecule has 0 saturated carbocycles. The van der Waals surface area contributed by atoms with Gasteiger partial charge in [-0.15, -0.1) is 0 Å². The third-order valence-electron chi connectivity index (χ3n) is 1.80. The van der Waals surface area contributed by atoms with Gasteiger partial charge in [-0.05, 0) is 12.1 Å². The quantitative estimate of drug-likeness (QED) is 0.730. The van der Waals surface area contributed by atoms with Crippen molar-refractivity contribution in [2.75, 3.05) is 0 Å². The van der Waals surface area contributed by atoms with Crippen LogP contribution in [0.25, 0.3) is 5.82 Å². The molecule has 0 aliphatic heterocycles. The summed E-state index contributed by atoms with van der Waals surface area (Å²) >= 11 is 0. The minimum Gasteiger partial charge on any atom is -0.324 e.